The number of phenolic OH excluding ortho intramolecular Hbond substituents is 2. The van der Waals surface area contributed by atoms with Crippen LogP contribution in [0, 0.1) is 0 Å². The number of aromatic hydroxyl groups is 2. The van der Waals surface area contributed by atoms with Gasteiger partial charge in [-0.3, -0.25) is 9.98 Å². The Morgan fingerprint density at radius 1 is 0.619 bits per heavy atom. The zero-order valence-electron chi connectivity index (χ0n) is 23.3. The topological polar surface area (TPSA) is 145 Å². The Labute approximate surface area is 256 Å². The van der Waals surface area contributed by atoms with Gasteiger partial charge >= 0.3 is 16.8 Å². The number of hydrogen-bond donors (Lipinski definition) is 2. The van der Waals surface area contributed by atoms with E-state index < -0.39 is 11.9 Å². The van der Waals surface area contributed by atoms with Gasteiger partial charge in [-0.05, 0) is 66.8 Å². The van der Waals surface area contributed by atoms with Crippen molar-refractivity contribution in [1.29, 1.82) is 0 Å². The molecule has 42 heavy (non-hydrogen) atoms. The van der Waals surface area contributed by atoms with Crippen LogP contribution in [0.15, 0.2) is 107 Å². The monoisotopic (exact) mass is 611 g/mol. The first-order valence-electron chi connectivity index (χ1n) is 12.8. The van der Waals surface area contributed by atoms with Gasteiger partial charge in [-0.1, -0.05) is 72.8 Å². The summed E-state index contributed by atoms with van der Waals surface area (Å²) in [5.74, 6) is -1.74. The molecule has 0 aliphatic rings. The summed E-state index contributed by atoms with van der Waals surface area (Å²) in [4.78, 5) is 26.7. The van der Waals surface area contributed by atoms with Crippen LogP contribution in [0.25, 0.3) is 22.3 Å². The smallest absolute Gasteiger partial charge is 0.550 e. The molecule has 0 fully saturated rings. The minimum absolute atomic E-state index is 0. The third-order valence-electron chi connectivity index (χ3n) is 5.30. The summed E-state index contributed by atoms with van der Waals surface area (Å²) >= 11 is 0. The maximum atomic E-state index is 10.1. The van der Waals surface area contributed by atoms with Gasteiger partial charge in [0.15, 0.2) is 0 Å². The van der Waals surface area contributed by atoms with Crippen molar-refractivity contribution in [3.8, 4) is 33.8 Å². The van der Waals surface area contributed by atoms with Gasteiger partial charge in [0.2, 0.25) is 0 Å². The van der Waals surface area contributed by atoms with Gasteiger partial charge in [-0.25, -0.2) is 0 Å². The zero-order chi connectivity index (χ0) is 30.0. The summed E-state index contributed by atoms with van der Waals surface area (Å²) in [6, 6.07) is 31.2. The molecule has 8 nitrogen and oxygen atoms in total. The van der Waals surface area contributed by atoms with Crippen LogP contribution in [-0.2, 0) is 26.4 Å². The quantitative estimate of drug-likeness (QED) is 0.229. The molecule has 0 aliphatic carbocycles. The fraction of sp³-hybridized carbons (Fsp3) is 0.152. The van der Waals surface area contributed by atoms with Gasteiger partial charge in [0.1, 0.15) is 11.5 Å². The molecule has 0 saturated heterocycles. The molecule has 0 bridgehead atoms. The maximum absolute atomic E-state index is 10.1. The maximum Gasteiger partial charge on any atom is 2.00 e. The SMILES string of the molecule is CC(=O)[O-].CC(=O)[O-].Oc1ccc(-c2ccccc2)cc1C=NCCCN=Cc1cc(-c2ccccc2)ccc1O.[Co+2]. The first kappa shape index (κ1) is 35.3. The first-order valence-corrected chi connectivity index (χ1v) is 12.8. The summed E-state index contributed by atoms with van der Waals surface area (Å²) in [7, 11) is 0. The standard InChI is InChI=1S/C29H26N2O2.2C2H4O2.Co/c32-28-14-12-24(22-8-3-1-4-9-22)18-26(28)20-30-16-7-17-31-21-27-19-25(13-15-29(27)33)23-10-5-2-6-11-23;2*1-2(3)4;/h1-6,8-15,18-21,32-33H,7,16-17H2;2*1H3,(H,3,4);/q;;;+2/p-2. The van der Waals surface area contributed by atoms with E-state index in [0.717, 1.165) is 42.5 Å². The molecule has 0 atom stereocenters. The van der Waals surface area contributed by atoms with Gasteiger partial charge in [0.25, 0.3) is 0 Å². The number of aliphatic imine (C=N–C) groups is 2. The number of carbonyl (C=O) groups excluding carboxylic acids is 2. The van der Waals surface area contributed by atoms with E-state index >= 15 is 0 Å². The van der Waals surface area contributed by atoms with Crippen molar-refractivity contribution in [3.05, 3.63) is 108 Å². The Morgan fingerprint density at radius 3 is 1.29 bits per heavy atom. The number of aliphatic carboxylic acids is 2. The van der Waals surface area contributed by atoms with E-state index in [1.807, 2.05) is 84.9 Å². The zero-order valence-corrected chi connectivity index (χ0v) is 24.3. The van der Waals surface area contributed by atoms with E-state index in [4.69, 9.17) is 19.8 Å². The number of carbonyl (C=O) groups is 2. The Morgan fingerprint density at radius 2 is 0.952 bits per heavy atom. The molecule has 9 heteroatoms. The molecule has 0 aromatic heterocycles. The number of hydrogen-bond acceptors (Lipinski definition) is 8. The van der Waals surface area contributed by atoms with Crippen molar-refractivity contribution in [2.24, 2.45) is 9.98 Å². The van der Waals surface area contributed by atoms with Gasteiger partial charge < -0.3 is 30.0 Å². The molecular weight excluding hydrogens is 579 g/mol. The van der Waals surface area contributed by atoms with Crippen molar-refractivity contribution in [3.63, 3.8) is 0 Å². The number of phenols is 2. The molecule has 0 saturated carbocycles. The molecular formula is C33H32CoN2O6. The van der Waals surface area contributed by atoms with Crippen LogP contribution in [0.3, 0.4) is 0 Å². The summed E-state index contributed by atoms with van der Waals surface area (Å²) < 4.78 is 0. The van der Waals surface area contributed by atoms with Crippen LogP contribution < -0.4 is 10.2 Å². The van der Waals surface area contributed by atoms with Crippen molar-refractivity contribution in [2.75, 3.05) is 13.1 Å². The fourth-order valence-electron chi connectivity index (χ4n) is 3.52. The largest absolute Gasteiger partial charge is 2.00 e. The average molecular weight is 612 g/mol. The molecule has 0 aliphatic heterocycles. The Hall–Kier alpha value is -4.73. The van der Waals surface area contributed by atoms with Gasteiger partial charge in [-0.15, -0.1) is 0 Å². The number of rotatable bonds is 8. The Bertz CT molecular complexity index is 1340. The second-order valence-corrected chi connectivity index (χ2v) is 8.69. The molecule has 4 rings (SSSR count). The number of nitrogens with zero attached hydrogens (tertiary/aromatic N) is 2. The predicted molar refractivity (Wildman–Crippen MR) is 158 cm³/mol. The van der Waals surface area contributed by atoms with Crippen LogP contribution in [0.5, 0.6) is 11.5 Å². The molecule has 219 valence electrons. The summed E-state index contributed by atoms with van der Waals surface area (Å²) in [5, 5.41) is 38.1. The number of benzene rings is 4. The van der Waals surface area contributed by atoms with Crippen molar-refractivity contribution in [2.45, 2.75) is 20.3 Å². The van der Waals surface area contributed by atoms with E-state index in [-0.39, 0.29) is 28.3 Å². The van der Waals surface area contributed by atoms with Crippen molar-refractivity contribution < 1.29 is 46.8 Å². The van der Waals surface area contributed by atoms with Gasteiger partial charge in [0.05, 0.1) is 0 Å². The van der Waals surface area contributed by atoms with E-state index in [1.54, 1.807) is 24.6 Å². The Balaban J connectivity index is 0.000000873. The third-order valence-corrected chi connectivity index (χ3v) is 5.30. The molecule has 0 spiro atoms. The average Bonchev–Trinajstić information content (AvgIpc) is 2.94. The Kier molecular flexibility index (Phi) is 16.3. The minimum Gasteiger partial charge on any atom is -0.550 e. The third kappa shape index (κ3) is 13.6. The van der Waals surface area contributed by atoms with E-state index in [0.29, 0.717) is 24.2 Å². The van der Waals surface area contributed by atoms with Gasteiger partial charge in [0, 0.05) is 48.6 Å². The normalized spacial score (nSPS) is 10.1. The van der Waals surface area contributed by atoms with Crippen LogP contribution >= 0.6 is 0 Å². The summed E-state index contributed by atoms with van der Waals surface area (Å²) in [6.07, 6.45) is 4.19. The molecule has 0 heterocycles. The molecule has 0 unspecified atom stereocenters. The van der Waals surface area contributed by atoms with Crippen LogP contribution in [0.2, 0.25) is 0 Å². The number of carboxylic acids is 2. The molecule has 4 aromatic rings. The predicted octanol–water partition coefficient (Wildman–Crippen LogP) is 3.87. The first-order chi connectivity index (χ1) is 19.7. The molecule has 2 N–H and O–H groups in total. The molecule has 0 amide bonds. The van der Waals surface area contributed by atoms with Crippen LogP contribution in [0.4, 0.5) is 0 Å². The number of carboxylic acid groups (broad SMARTS) is 2. The fourth-order valence-corrected chi connectivity index (χ4v) is 3.52. The minimum atomic E-state index is -1.08. The summed E-state index contributed by atoms with van der Waals surface area (Å²) in [5.41, 5.74) is 5.67. The molecule has 1 radical (unpaired) electrons. The molecule has 4 aromatic carbocycles. The van der Waals surface area contributed by atoms with E-state index in [9.17, 15) is 10.2 Å². The van der Waals surface area contributed by atoms with Crippen LogP contribution in [-0.4, -0.2) is 47.7 Å². The van der Waals surface area contributed by atoms with E-state index in [2.05, 4.69) is 9.98 Å². The second-order valence-electron chi connectivity index (χ2n) is 8.69. The van der Waals surface area contributed by atoms with E-state index in [1.165, 1.54) is 0 Å². The van der Waals surface area contributed by atoms with Crippen molar-refractivity contribution >= 4 is 24.4 Å². The summed E-state index contributed by atoms with van der Waals surface area (Å²) in [6.45, 7) is 3.14. The van der Waals surface area contributed by atoms with Crippen molar-refractivity contribution in [1.82, 2.24) is 0 Å². The van der Waals surface area contributed by atoms with Crippen LogP contribution in [0.1, 0.15) is 31.4 Å². The second kappa shape index (κ2) is 19.4. The van der Waals surface area contributed by atoms with Gasteiger partial charge in [-0.2, -0.15) is 0 Å².